The van der Waals surface area contributed by atoms with Crippen LogP contribution >= 0.6 is 15.9 Å². The van der Waals surface area contributed by atoms with Crippen LogP contribution in [0.15, 0.2) is 65.1 Å². The minimum Gasteiger partial charge on any atom is -0.491 e. The van der Waals surface area contributed by atoms with Crippen LogP contribution in [0.3, 0.4) is 0 Å². The zero-order valence-electron chi connectivity index (χ0n) is 20.7. The molecule has 7 nitrogen and oxygen atoms in total. The Morgan fingerprint density at radius 2 is 1.73 bits per heavy atom. The molecule has 2 aliphatic rings. The Morgan fingerprint density at radius 1 is 1.00 bits per heavy atom. The second-order valence-electron chi connectivity index (χ2n) is 9.95. The molecule has 0 bridgehead atoms. The third-order valence-corrected chi connectivity index (χ3v) is 8.02. The molecule has 0 unspecified atom stereocenters. The molecule has 0 atom stereocenters. The second-order valence-corrected chi connectivity index (χ2v) is 10.9. The smallest absolute Gasteiger partial charge is 0.320 e. The average molecular weight is 561 g/mol. The number of rotatable bonds is 2. The number of nitrogens with one attached hydrogen (secondary N) is 1. The number of hydrogen-bond donors (Lipinski definition) is 2. The van der Waals surface area contributed by atoms with Gasteiger partial charge in [0, 0.05) is 23.1 Å². The first-order valence-corrected chi connectivity index (χ1v) is 13.4. The number of aryl methyl sites for hydroxylation is 1. The van der Waals surface area contributed by atoms with Crippen molar-refractivity contribution in [1.82, 2.24) is 19.8 Å². The van der Waals surface area contributed by atoms with Crippen LogP contribution in [0.25, 0.3) is 22.2 Å². The summed E-state index contributed by atoms with van der Waals surface area (Å²) in [4.78, 5) is 25.0. The maximum atomic E-state index is 13.5. The van der Waals surface area contributed by atoms with Crippen LogP contribution in [0.4, 0.5) is 4.79 Å². The number of nitrogens with zero attached hydrogens (tertiary/aromatic N) is 3. The number of aromatic amines is 1. The van der Waals surface area contributed by atoms with E-state index in [1.807, 2.05) is 53.1 Å². The number of carbonyl (C=O) groups excluding carboxylic acids is 1. The molecule has 0 spiro atoms. The lowest BCUT2D eigenvalue weighted by atomic mass is 9.84. The fourth-order valence-electron chi connectivity index (χ4n) is 5.37. The Kier molecular flexibility index (Phi) is 6.16. The van der Waals surface area contributed by atoms with Crippen LogP contribution in [0.2, 0.25) is 0 Å². The maximum Gasteiger partial charge on any atom is 0.320 e. The molecular weight excluding hydrogens is 532 g/mol. The third-order valence-electron chi connectivity index (χ3n) is 7.49. The lowest BCUT2D eigenvalue weighted by molar-refractivity contribution is -0.0201. The highest BCUT2D eigenvalue weighted by molar-refractivity contribution is 9.10. The lowest BCUT2D eigenvalue weighted by Gasteiger charge is -2.40. The highest BCUT2D eigenvalue weighted by Gasteiger charge is 2.37. The fourth-order valence-corrected chi connectivity index (χ4v) is 5.63. The molecule has 8 heteroatoms. The van der Waals surface area contributed by atoms with E-state index >= 15 is 0 Å². The summed E-state index contributed by atoms with van der Waals surface area (Å²) in [5, 5.41) is 11.2. The number of benzene rings is 3. The Bertz CT molecular complexity index is 1460. The number of ether oxygens (including phenoxy) is 1. The summed E-state index contributed by atoms with van der Waals surface area (Å²) >= 11 is 3.45. The van der Waals surface area contributed by atoms with Crippen molar-refractivity contribution in [3.05, 3.63) is 82.1 Å². The van der Waals surface area contributed by atoms with E-state index in [1.54, 1.807) is 0 Å². The molecule has 3 heterocycles. The molecular formula is C29H29BrN4O3. The molecule has 1 fully saturated rings. The number of urea groups is 1. The third kappa shape index (κ3) is 4.71. The summed E-state index contributed by atoms with van der Waals surface area (Å²) < 4.78 is 6.99. The van der Waals surface area contributed by atoms with Crippen molar-refractivity contribution in [2.45, 2.75) is 31.9 Å². The lowest BCUT2D eigenvalue weighted by Crippen LogP contribution is -2.50. The molecule has 1 aromatic heterocycles. The minimum absolute atomic E-state index is 0.00550. The van der Waals surface area contributed by atoms with Crippen LogP contribution < -0.4 is 4.74 Å². The Hall–Kier alpha value is -3.36. The first-order chi connectivity index (χ1) is 17.9. The average Bonchev–Trinajstić information content (AvgIpc) is 3.14. The summed E-state index contributed by atoms with van der Waals surface area (Å²) in [7, 11) is 0. The molecule has 2 aliphatic heterocycles. The first kappa shape index (κ1) is 24.0. The molecule has 190 valence electrons. The van der Waals surface area contributed by atoms with Gasteiger partial charge in [0.2, 0.25) is 0 Å². The summed E-state index contributed by atoms with van der Waals surface area (Å²) in [6, 6.07) is 20.2. The molecule has 0 saturated carbocycles. The monoisotopic (exact) mass is 560 g/mol. The van der Waals surface area contributed by atoms with Crippen LogP contribution in [-0.4, -0.2) is 57.1 Å². The van der Waals surface area contributed by atoms with Crippen molar-refractivity contribution < 1.29 is 14.6 Å². The van der Waals surface area contributed by atoms with E-state index in [0.717, 1.165) is 49.3 Å². The van der Waals surface area contributed by atoms with Crippen LogP contribution in [0.1, 0.15) is 29.8 Å². The maximum absolute atomic E-state index is 13.5. The van der Waals surface area contributed by atoms with E-state index < -0.39 is 5.60 Å². The van der Waals surface area contributed by atoms with Crippen molar-refractivity contribution in [3.8, 4) is 16.9 Å². The van der Waals surface area contributed by atoms with E-state index in [4.69, 9.17) is 4.74 Å². The zero-order chi connectivity index (χ0) is 25.6. The quantitative estimate of drug-likeness (QED) is 0.334. The molecule has 4 aromatic rings. The van der Waals surface area contributed by atoms with Gasteiger partial charge >= 0.3 is 6.03 Å². The Balaban J connectivity index is 1.18. The van der Waals surface area contributed by atoms with Crippen LogP contribution in [0, 0.1) is 6.92 Å². The molecule has 1 saturated heterocycles. The number of imidazole rings is 1. The number of aliphatic hydroxyl groups is 1. The van der Waals surface area contributed by atoms with Crippen molar-refractivity contribution in [3.63, 3.8) is 0 Å². The van der Waals surface area contributed by atoms with Gasteiger partial charge in [0.1, 0.15) is 18.2 Å². The highest BCUT2D eigenvalue weighted by atomic mass is 79.9. The number of halogens is 1. The largest absolute Gasteiger partial charge is 0.491 e. The van der Waals surface area contributed by atoms with E-state index in [2.05, 4.69) is 50.2 Å². The van der Waals surface area contributed by atoms with Gasteiger partial charge in [-0.1, -0.05) is 40.2 Å². The number of amides is 2. The Labute approximate surface area is 224 Å². The number of likely N-dealkylation sites (tertiary alicyclic amines) is 1. The van der Waals surface area contributed by atoms with Crippen molar-refractivity contribution >= 4 is 33.0 Å². The first-order valence-electron chi connectivity index (χ1n) is 12.6. The predicted molar refractivity (Wildman–Crippen MR) is 146 cm³/mol. The van der Waals surface area contributed by atoms with E-state index in [0.29, 0.717) is 45.6 Å². The predicted octanol–water partition coefficient (Wildman–Crippen LogP) is 5.60. The summed E-state index contributed by atoms with van der Waals surface area (Å²) in [6.45, 7) is 4.44. The number of aromatic nitrogens is 2. The molecule has 2 N–H and O–H groups in total. The highest BCUT2D eigenvalue weighted by Crippen LogP contribution is 2.35. The molecule has 3 aromatic carbocycles. The van der Waals surface area contributed by atoms with Gasteiger partial charge in [0.05, 0.1) is 29.7 Å². The van der Waals surface area contributed by atoms with Crippen molar-refractivity contribution in [1.29, 1.82) is 0 Å². The van der Waals surface area contributed by atoms with Gasteiger partial charge < -0.3 is 24.6 Å². The van der Waals surface area contributed by atoms with E-state index in [-0.39, 0.29) is 6.03 Å². The molecule has 2 amide bonds. The van der Waals surface area contributed by atoms with Gasteiger partial charge in [-0.2, -0.15) is 0 Å². The summed E-state index contributed by atoms with van der Waals surface area (Å²) in [6.07, 6.45) is 1.03. The van der Waals surface area contributed by atoms with Gasteiger partial charge in [0.15, 0.2) is 0 Å². The topological polar surface area (TPSA) is 81.7 Å². The summed E-state index contributed by atoms with van der Waals surface area (Å²) in [5.41, 5.74) is 5.10. The SMILES string of the molecule is Cc1nc2ccc(-c3ccc4c(c3)CN(C(=O)N3CCC(O)(c5ccc(Br)cc5)CC3)CCO4)cc2[nH]1. The van der Waals surface area contributed by atoms with E-state index in [1.165, 1.54) is 0 Å². The molecule has 0 aliphatic carbocycles. The summed E-state index contributed by atoms with van der Waals surface area (Å²) in [5.74, 6) is 1.71. The second kappa shape index (κ2) is 9.50. The number of piperidine rings is 1. The van der Waals surface area contributed by atoms with Gasteiger partial charge in [-0.3, -0.25) is 0 Å². The molecule has 37 heavy (non-hydrogen) atoms. The van der Waals surface area contributed by atoms with Crippen molar-refractivity contribution in [2.24, 2.45) is 0 Å². The normalized spacial score (nSPS) is 17.3. The molecule has 6 rings (SSSR count). The molecule has 0 radical (unpaired) electrons. The van der Waals surface area contributed by atoms with Crippen LogP contribution in [-0.2, 0) is 12.1 Å². The number of carbonyl (C=O) groups is 1. The minimum atomic E-state index is -0.908. The van der Waals surface area contributed by atoms with Gasteiger partial charge in [-0.15, -0.1) is 0 Å². The van der Waals surface area contributed by atoms with Gasteiger partial charge in [0.25, 0.3) is 0 Å². The number of H-pyrrole nitrogens is 1. The van der Waals surface area contributed by atoms with E-state index in [9.17, 15) is 9.90 Å². The fraction of sp³-hybridized carbons (Fsp3) is 0.310. The number of hydrogen-bond acceptors (Lipinski definition) is 4. The zero-order valence-corrected chi connectivity index (χ0v) is 22.3. The van der Waals surface area contributed by atoms with Gasteiger partial charge in [-0.05, 0) is 72.9 Å². The Morgan fingerprint density at radius 3 is 2.51 bits per heavy atom. The number of fused-ring (bicyclic) bond motifs is 2. The standard InChI is InChI=1S/C29H29BrN4O3/c1-19-31-25-8-2-21(17-26(25)32-19)20-3-9-27-22(16-20)18-34(14-15-37-27)28(35)33-12-10-29(36,11-13-33)23-4-6-24(30)7-5-23/h2-9,16-17,36H,10-15,18H2,1H3,(H,31,32). The van der Waals surface area contributed by atoms with Gasteiger partial charge in [-0.25, -0.2) is 9.78 Å². The van der Waals surface area contributed by atoms with Crippen molar-refractivity contribution in [2.75, 3.05) is 26.2 Å². The van der Waals surface area contributed by atoms with Crippen LogP contribution in [0.5, 0.6) is 5.75 Å².